The Kier molecular flexibility index (Phi) is 7.06. The summed E-state index contributed by atoms with van der Waals surface area (Å²) >= 11 is 0. The van der Waals surface area contributed by atoms with Gasteiger partial charge in [-0.3, -0.25) is 0 Å². The maximum atomic E-state index is 12.3. The van der Waals surface area contributed by atoms with Crippen molar-refractivity contribution >= 4 is 11.8 Å². The van der Waals surface area contributed by atoms with Crippen molar-refractivity contribution in [3.63, 3.8) is 0 Å². The van der Waals surface area contributed by atoms with E-state index < -0.39 is 5.60 Å². The number of rotatable bonds is 4. The van der Waals surface area contributed by atoms with Gasteiger partial charge >= 0.3 is 6.09 Å². The minimum absolute atomic E-state index is 0.124. The van der Waals surface area contributed by atoms with E-state index in [-0.39, 0.29) is 23.5 Å². The number of allylic oxidation sites excluding steroid dienone is 2. The largest absolute Gasteiger partial charge is 0.489 e. The zero-order valence-corrected chi connectivity index (χ0v) is 16.7. The summed E-state index contributed by atoms with van der Waals surface area (Å²) in [6, 6.07) is 12.1. The van der Waals surface area contributed by atoms with Gasteiger partial charge in [0, 0.05) is 18.3 Å². The Labute approximate surface area is 170 Å². The van der Waals surface area contributed by atoms with Gasteiger partial charge in [-0.1, -0.05) is 6.07 Å². The summed E-state index contributed by atoms with van der Waals surface area (Å²) in [4.78, 5) is 13.9. The van der Waals surface area contributed by atoms with Crippen LogP contribution in [0.1, 0.15) is 33.6 Å². The Bertz CT molecular complexity index is 896. The van der Waals surface area contributed by atoms with Crippen LogP contribution >= 0.6 is 0 Å². The first kappa shape index (κ1) is 21.6. The summed E-state index contributed by atoms with van der Waals surface area (Å²) < 4.78 is 11.4. The smallest absolute Gasteiger partial charge is 0.410 e. The minimum Gasteiger partial charge on any atom is -0.489 e. The van der Waals surface area contributed by atoms with Crippen molar-refractivity contribution in [2.24, 2.45) is 0 Å². The number of nitrogens with zero attached hydrogens (tertiary/aromatic N) is 4. The highest BCUT2D eigenvalue weighted by Crippen LogP contribution is 2.24. The minimum atomic E-state index is -0.553. The highest BCUT2D eigenvalue weighted by molar-refractivity contribution is 5.68. The van der Waals surface area contributed by atoms with Crippen LogP contribution < -0.4 is 10.1 Å². The molecule has 1 heterocycles. The number of likely N-dealkylation sites (tertiary alicyclic amines) is 1. The summed E-state index contributed by atoms with van der Waals surface area (Å²) in [5.41, 5.74) is -0.454. The molecule has 1 unspecified atom stereocenters. The molecule has 0 saturated carbocycles. The summed E-state index contributed by atoms with van der Waals surface area (Å²) in [6.45, 7) is 6.53. The second kappa shape index (κ2) is 9.48. The first-order valence-electron chi connectivity index (χ1n) is 9.22. The zero-order chi connectivity index (χ0) is 21.4. The molecule has 1 atom stereocenters. The van der Waals surface area contributed by atoms with Crippen LogP contribution in [-0.4, -0.2) is 35.8 Å². The van der Waals surface area contributed by atoms with E-state index in [1.807, 2.05) is 26.8 Å². The molecule has 8 nitrogen and oxygen atoms in total. The molecule has 1 aromatic rings. The lowest BCUT2D eigenvalue weighted by atomic mass is 10.1. The van der Waals surface area contributed by atoms with Gasteiger partial charge in [0.25, 0.3) is 0 Å². The van der Waals surface area contributed by atoms with E-state index in [2.05, 4.69) is 5.32 Å². The van der Waals surface area contributed by atoms with Crippen molar-refractivity contribution in [3.8, 4) is 24.0 Å². The molecule has 0 spiro atoms. The normalized spacial score (nSPS) is 15.9. The van der Waals surface area contributed by atoms with E-state index in [4.69, 9.17) is 25.3 Å². The van der Waals surface area contributed by atoms with Gasteiger partial charge in [0.2, 0.25) is 0 Å². The molecule has 1 fully saturated rings. The number of nitriles is 3. The fourth-order valence-electron chi connectivity index (χ4n) is 2.79. The molecule has 0 radical (unpaired) electrons. The van der Waals surface area contributed by atoms with Gasteiger partial charge in [-0.2, -0.15) is 15.8 Å². The van der Waals surface area contributed by atoms with Gasteiger partial charge in [0.05, 0.1) is 6.54 Å². The van der Waals surface area contributed by atoms with Crippen molar-refractivity contribution in [2.45, 2.75) is 45.3 Å². The van der Waals surface area contributed by atoms with Crippen LogP contribution in [0.2, 0.25) is 0 Å². The zero-order valence-electron chi connectivity index (χ0n) is 16.7. The molecule has 29 heavy (non-hydrogen) atoms. The van der Waals surface area contributed by atoms with Gasteiger partial charge in [0.15, 0.2) is 5.57 Å². The summed E-state index contributed by atoms with van der Waals surface area (Å²) in [5.74, 6) is 0.554. The molecule has 8 heteroatoms. The van der Waals surface area contributed by atoms with Crippen LogP contribution in [0.4, 0.5) is 10.5 Å². The number of hydrogen-bond donors (Lipinski definition) is 1. The van der Waals surface area contributed by atoms with Crippen molar-refractivity contribution in [1.29, 1.82) is 15.8 Å². The number of hydrogen-bond acceptors (Lipinski definition) is 7. The molecular formula is C21H23N5O3. The Morgan fingerprint density at radius 2 is 1.93 bits per heavy atom. The topological polar surface area (TPSA) is 122 Å². The molecule has 1 aromatic carbocycles. The maximum absolute atomic E-state index is 12.3. The SMILES string of the molecule is CC(C)(C)OC(=O)N1CCCC(Oc2cccc(NC(C#N)=C(C#N)C#N)c2)C1. The third kappa shape index (κ3) is 6.45. The van der Waals surface area contributed by atoms with Crippen LogP contribution in [0.3, 0.4) is 0 Å². The number of piperidine rings is 1. The molecule has 1 saturated heterocycles. The molecule has 2 rings (SSSR count). The monoisotopic (exact) mass is 393 g/mol. The van der Waals surface area contributed by atoms with Gasteiger partial charge in [-0.05, 0) is 45.7 Å². The summed E-state index contributed by atoms with van der Waals surface area (Å²) in [5, 5.41) is 29.8. The van der Waals surface area contributed by atoms with Gasteiger partial charge in [-0.15, -0.1) is 0 Å². The Hall–Kier alpha value is -3.70. The molecule has 0 bridgehead atoms. The van der Waals surface area contributed by atoms with Crippen molar-refractivity contribution in [2.75, 3.05) is 18.4 Å². The van der Waals surface area contributed by atoms with Crippen LogP contribution in [0.25, 0.3) is 0 Å². The molecule has 1 N–H and O–H groups in total. The molecule has 150 valence electrons. The van der Waals surface area contributed by atoms with Crippen LogP contribution in [0, 0.1) is 34.0 Å². The lowest BCUT2D eigenvalue weighted by Gasteiger charge is -2.34. The molecule has 1 aliphatic rings. The lowest BCUT2D eigenvalue weighted by Crippen LogP contribution is -2.46. The van der Waals surface area contributed by atoms with Crippen LogP contribution in [-0.2, 0) is 4.74 Å². The van der Waals surface area contributed by atoms with Gasteiger partial charge in [-0.25, -0.2) is 4.79 Å². The molecule has 0 aromatic heterocycles. The first-order chi connectivity index (χ1) is 13.8. The third-order valence-corrected chi connectivity index (χ3v) is 4.02. The van der Waals surface area contributed by atoms with Crippen molar-refractivity contribution < 1.29 is 14.3 Å². The van der Waals surface area contributed by atoms with Gasteiger partial charge < -0.3 is 19.7 Å². The lowest BCUT2D eigenvalue weighted by molar-refractivity contribution is 0.00776. The summed E-state index contributed by atoms with van der Waals surface area (Å²) in [6.07, 6.45) is 1.06. The number of anilines is 1. The highest BCUT2D eigenvalue weighted by Gasteiger charge is 2.28. The number of carbonyl (C=O) groups excluding carboxylic acids is 1. The number of carbonyl (C=O) groups is 1. The second-order valence-corrected chi connectivity index (χ2v) is 7.55. The number of amides is 1. The van der Waals surface area contributed by atoms with E-state index in [0.29, 0.717) is 24.5 Å². The predicted octanol–water partition coefficient (Wildman–Crippen LogP) is 3.70. The van der Waals surface area contributed by atoms with E-state index in [9.17, 15) is 4.79 Å². The number of nitrogens with one attached hydrogen (secondary N) is 1. The van der Waals surface area contributed by atoms with E-state index >= 15 is 0 Å². The highest BCUT2D eigenvalue weighted by atomic mass is 16.6. The maximum Gasteiger partial charge on any atom is 0.410 e. The van der Waals surface area contributed by atoms with Gasteiger partial charge in [0.1, 0.15) is 41.4 Å². The fourth-order valence-corrected chi connectivity index (χ4v) is 2.79. The van der Waals surface area contributed by atoms with Crippen LogP contribution in [0.15, 0.2) is 35.5 Å². The molecule has 1 amide bonds. The number of ether oxygens (including phenoxy) is 2. The van der Waals surface area contributed by atoms with Crippen molar-refractivity contribution in [1.82, 2.24) is 4.90 Å². The average molecular weight is 393 g/mol. The Morgan fingerprint density at radius 3 is 2.55 bits per heavy atom. The molecule has 1 aliphatic heterocycles. The van der Waals surface area contributed by atoms with E-state index in [1.165, 1.54) is 0 Å². The standard InChI is InChI=1S/C21H23N5O3/c1-21(2,3)29-20(27)26-9-5-8-18(14-26)28-17-7-4-6-16(10-17)25-19(13-24)15(11-22)12-23/h4,6-7,10,18,25H,5,8-9,14H2,1-3H3. The molecular weight excluding hydrogens is 370 g/mol. The predicted molar refractivity (Wildman–Crippen MR) is 105 cm³/mol. The first-order valence-corrected chi connectivity index (χ1v) is 9.22. The Morgan fingerprint density at radius 1 is 1.21 bits per heavy atom. The number of benzene rings is 1. The average Bonchev–Trinajstić information content (AvgIpc) is 2.67. The van der Waals surface area contributed by atoms with Crippen LogP contribution in [0.5, 0.6) is 5.75 Å². The Balaban J connectivity index is 2.06. The third-order valence-electron chi connectivity index (χ3n) is 4.02. The quantitative estimate of drug-likeness (QED) is 0.774. The van der Waals surface area contributed by atoms with Crippen molar-refractivity contribution in [3.05, 3.63) is 35.5 Å². The second-order valence-electron chi connectivity index (χ2n) is 7.55. The summed E-state index contributed by atoms with van der Waals surface area (Å²) in [7, 11) is 0. The van der Waals surface area contributed by atoms with E-state index in [0.717, 1.165) is 12.8 Å². The molecule has 0 aliphatic carbocycles. The van der Waals surface area contributed by atoms with E-state index in [1.54, 1.807) is 41.3 Å². The fraction of sp³-hybridized carbons (Fsp3) is 0.429.